The molecule has 1 aromatic carbocycles. The number of carboxylic acid groups (broad SMARTS) is 1. The highest BCUT2D eigenvalue weighted by molar-refractivity contribution is 8.02. The van der Waals surface area contributed by atoms with Crippen molar-refractivity contribution in [1.82, 2.24) is 4.90 Å². The number of aliphatic carboxylic acids is 1. The van der Waals surface area contributed by atoms with Crippen LogP contribution in [-0.2, 0) is 11.3 Å². The summed E-state index contributed by atoms with van der Waals surface area (Å²) in [6.45, 7) is 0.289. The van der Waals surface area contributed by atoms with Gasteiger partial charge in [0, 0.05) is 17.5 Å². The van der Waals surface area contributed by atoms with E-state index < -0.39 is 5.97 Å². The first-order chi connectivity index (χ1) is 7.68. The highest BCUT2D eigenvalue weighted by Gasteiger charge is 2.22. The van der Waals surface area contributed by atoms with Crippen LogP contribution in [0.15, 0.2) is 35.4 Å². The zero-order valence-electron chi connectivity index (χ0n) is 8.39. The molecule has 0 radical (unpaired) electrons. The van der Waals surface area contributed by atoms with Crippen molar-refractivity contribution >= 4 is 17.7 Å². The van der Waals surface area contributed by atoms with E-state index in [1.54, 1.807) is 28.5 Å². The van der Waals surface area contributed by atoms with Crippen molar-refractivity contribution in [2.75, 3.05) is 5.88 Å². The Hall–Kier alpha value is -1.49. The lowest BCUT2D eigenvalue weighted by Crippen LogP contribution is -2.23. The predicted molar refractivity (Wildman–Crippen MR) is 60.1 cm³/mol. The summed E-state index contributed by atoms with van der Waals surface area (Å²) in [6, 6.07) is 6.40. The number of rotatable bonds is 3. The number of thioether (sulfide) groups is 1. The van der Waals surface area contributed by atoms with Gasteiger partial charge in [-0.25, -0.2) is 9.18 Å². The molecule has 1 aliphatic rings. The Morgan fingerprint density at radius 2 is 2.25 bits per heavy atom. The third-order valence-electron chi connectivity index (χ3n) is 2.30. The monoisotopic (exact) mass is 239 g/mol. The second-order valence-corrected chi connectivity index (χ2v) is 4.22. The van der Waals surface area contributed by atoms with E-state index in [1.807, 2.05) is 0 Å². The van der Waals surface area contributed by atoms with Crippen LogP contribution in [0.5, 0.6) is 0 Å². The van der Waals surface area contributed by atoms with Crippen molar-refractivity contribution in [3.05, 3.63) is 46.8 Å². The van der Waals surface area contributed by atoms with E-state index in [0.29, 0.717) is 11.4 Å². The Morgan fingerprint density at radius 1 is 1.50 bits per heavy atom. The molecule has 0 atom stereocenters. The number of hydrogen-bond acceptors (Lipinski definition) is 3. The fourth-order valence-corrected chi connectivity index (χ4v) is 2.39. The van der Waals surface area contributed by atoms with Crippen molar-refractivity contribution in [3.63, 3.8) is 0 Å². The molecule has 0 amide bonds. The normalized spacial score (nSPS) is 15.1. The smallest absolute Gasteiger partial charge is 0.352 e. The summed E-state index contributed by atoms with van der Waals surface area (Å²) in [7, 11) is 0. The number of carboxylic acids is 1. The summed E-state index contributed by atoms with van der Waals surface area (Å²) in [5, 5.41) is 10.5. The third-order valence-corrected chi connectivity index (χ3v) is 3.15. The van der Waals surface area contributed by atoms with Gasteiger partial charge in [0.05, 0.1) is 5.88 Å². The fourth-order valence-electron chi connectivity index (χ4n) is 1.50. The van der Waals surface area contributed by atoms with E-state index in [4.69, 9.17) is 5.11 Å². The van der Waals surface area contributed by atoms with Gasteiger partial charge in [-0.1, -0.05) is 18.2 Å². The van der Waals surface area contributed by atoms with E-state index >= 15 is 0 Å². The number of hydrogen-bond donors (Lipinski definition) is 1. The van der Waals surface area contributed by atoms with Crippen molar-refractivity contribution < 1.29 is 14.3 Å². The molecule has 0 spiro atoms. The van der Waals surface area contributed by atoms with Gasteiger partial charge in [0.1, 0.15) is 11.5 Å². The van der Waals surface area contributed by atoms with Gasteiger partial charge in [-0.05, 0) is 6.07 Å². The molecule has 0 aromatic heterocycles. The Bertz CT molecular complexity index is 447. The summed E-state index contributed by atoms with van der Waals surface area (Å²) in [4.78, 5) is 12.5. The molecule has 5 heteroatoms. The minimum absolute atomic E-state index is 0.230. The molecule has 1 heterocycles. The molecule has 0 saturated heterocycles. The van der Waals surface area contributed by atoms with Crippen LogP contribution in [0.4, 0.5) is 4.39 Å². The predicted octanol–water partition coefficient (Wildman–Crippen LogP) is 2.26. The molecule has 0 aliphatic carbocycles. The van der Waals surface area contributed by atoms with Gasteiger partial charge in [-0.2, -0.15) is 0 Å². The Balaban J connectivity index is 2.14. The molecule has 0 fully saturated rings. The molecule has 1 aromatic rings. The number of halogens is 1. The first-order valence-electron chi connectivity index (χ1n) is 4.72. The van der Waals surface area contributed by atoms with Crippen LogP contribution >= 0.6 is 11.8 Å². The zero-order chi connectivity index (χ0) is 11.5. The lowest BCUT2D eigenvalue weighted by atomic mass is 10.2. The molecule has 1 aliphatic heterocycles. The van der Waals surface area contributed by atoms with Crippen LogP contribution in [0.2, 0.25) is 0 Å². The maximum Gasteiger partial charge on any atom is 0.352 e. The fraction of sp³-hybridized carbons (Fsp3) is 0.182. The number of carbonyl (C=O) groups is 1. The summed E-state index contributed by atoms with van der Waals surface area (Å²) in [5.41, 5.74) is 0.741. The average molecular weight is 239 g/mol. The molecule has 2 rings (SSSR count). The van der Waals surface area contributed by atoms with Crippen LogP contribution in [-0.4, -0.2) is 21.9 Å². The topological polar surface area (TPSA) is 40.5 Å². The number of benzene rings is 1. The lowest BCUT2D eigenvalue weighted by Gasteiger charge is -2.19. The summed E-state index contributed by atoms with van der Waals surface area (Å²) >= 11 is 1.40. The van der Waals surface area contributed by atoms with E-state index in [0.717, 1.165) is 0 Å². The van der Waals surface area contributed by atoms with Crippen LogP contribution in [0, 0.1) is 5.82 Å². The van der Waals surface area contributed by atoms with E-state index in [2.05, 4.69) is 0 Å². The van der Waals surface area contributed by atoms with E-state index in [-0.39, 0.29) is 18.1 Å². The molecule has 0 bridgehead atoms. The molecule has 16 heavy (non-hydrogen) atoms. The van der Waals surface area contributed by atoms with Gasteiger partial charge in [-0.15, -0.1) is 11.8 Å². The highest BCUT2D eigenvalue weighted by Crippen LogP contribution is 2.25. The second kappa shape index (κ2) is 4.57. The summed E-state index contributed by atoms with van der Waals surface area (Å²) < 4.78 is 13.4. The quantitative estimate of drug-likeness (QED) is 0.878. The first-order valence-corrected chi connectivity index (χ1v) is 5.77. The average Bonchev–Trinajstić information content (AvgIpc) is 2.69. The molecule has 0 unspecified atom stereocenters. The largest absolute Gasteiger partial charge is 0.477 e. The standard InChI is InChI=1S/C11H10FNO2S/c12-9-4-2-1-3-8(9)5-13-7-16-6-10(13)11(14)15/h1-4,6H,5,7H2,(H,14,15). The molecule has 0 saturated carbocycles. The van der Waals surface area contributed by atoms with Gasteiger partial charge < -0.3 is 10.0 Å². The van der Waals surface area contributed by atoms with Gasteiger partial charge in [-0.3, -0.25) is 0 Å². The zero-order valence-corrected chi connectivity index (χ0v) is 9.21. The van der Waals surface area contributed by atoms with E-state index in [9.17, 15) is 9.18 Å². The van der Waals surface area contributed by atoms with Gasteiger partial charge >= 0.3 is 5.97 Å². The van der Waals surface area contributed by atoms with Crippen LogP contribution in [0.3, 0.4) is 0 Å². The van der Waals surface area contributed by atoms with Gasteiger partial charge in [0.25, 0.3) is 0 Å². The summed E-state index contributed by atoms with van der Waals surface area (Å²) in [6.07, 6.45) is 0. The van der Waals surface area contributed by atoms with Crippen LogP contribution in [0.1, 0.15) is 5.56 Å². The van der Waals surface area contributed by atoms with Gasteiger partial charge in [0.15, 0.2) is 0 Å². The molecule has 84 valence electrons. The van der Waals surface area contributed by atoms with Crippen molar-refractivity contribution in [3.8, 4) is 0 Å². The van der Waals surface area contributed by atoms with Crippen molar-refractivity contribution in [2.45, 2.75) is 6.54 Å². The van der Waals surface area contributed by atoms with Crippen molar-refractivity contribution in [2.24, 2.45) is 0 Å². The molecule has 1 N–H and O–H groups in total. The van der Waals surface area contributed by atoms with E-state index in [1.165, 1.54) is 17.8 Å². The van der Waals surface area contributed by atoms with Crippen LogP contribution in [0.25, 0.3) is 0 Å². The minimum atomic E-state index is -0.971. The summed E-state index contributed by atoms with van der Waals surface area (Å²) in [5.74, 6) is -0.721. The van der Waals surface area contributed by atoms with Crippen LogP contribution < -0.4 is 0 Å². The maximum absolute atomic E-state index is 13.4. The SMILES string of the molecule is O=C(O)C1=CSCN1Cc1ccccc1F. The Kier molecular flexibility index (Phi) is 3.14. The second-order valence-electron chi connectivity index (χ2n) is 3.39. The molecule has 3 nitrogen and oxygen atoms in total. The maximum atomic E-state index is 13.4. The first kappa shape index (κ1) is 11.0. The van der Waals surface area contributed by atoms with Crippen molar-refractivity contribution in [1.29, 1.82) is 0 Å². The highest BCUT2D eigenvalue weighted by atomic mass is 32.2. The third kappa shape index (κ3) is 2.19. The number of nitrogens with zero attached hydrogens (tertiary/aromatic N) is 1. The Labute approximate surface area is 96.6 Å². The lowest BCUT2D eigenvalue weighted by molar-refractivity contribution is -0.134. The Morgan fingerprint density at radius 3 is 2.94 bits per heavy atom. The molecular weight excluding hydrogens is 229 g/mol. The minimum Gasteiger partial charge on any atom is -0.477 e. The molecular formula is C11H10FNO2S. The van der Waals surface area contributed by atoms with Gasteiger partial charge in [0.2, 0.25) is 0 Å².